The summed E-state index contributed by atoms with van der Waals surface area (Å²) < 4.78 is 0. The fraction of sp³-hybridized carbons (Fsp3) is 0.800. The molecule has 1 heterocycles. The number of imidazole rings is 1. The number of nitrogens with one attached hydrogen (secondary N) is 1. The van der Waals surface area contributed by atoms with Crippen LogP contribution in [0.15, 0.2) is 0 Å². The molecular weight excluding hydrogens is 222 g/mol. The summed E-state index contributed by atoms with van der Waals surface area (Å²) in [7, 11) is 0. The van der Waals surface area contributed by atoms with E-state index in [0.717, 1.165) is 18.5 Å². The van der Waals surface area contributed by atoms with Crippen LogP contribution in [0.3, 0.4) is 0 Å². The van der Waals surface area contributed by atoms with Crippen LogP contribution < -0.4 is 5.73 Å². The van der Waals surface area contributed by atoms with Crippen molar-refractivity contribution in [2.24, 2.45) is 11.1 Å². The van der Waals surface area contributed by atoms with E-state index in [4.69, 9.17) is 10.7 Å². The molecule has 0 aromatic carbocycles. The lowest BCUT2D eigenvalue weighted by atomic mass is 9.68. The van der Waals surface area contributed by atoms with Gasteiger partial charge in [0, 0.05) is 17.7 Å². The number of hydrogen-bond donors (Lipinski definition) is 2. The molecule has 0 saturated heterocycles. The molecule has 3 N–H and O–H groups in total. The highest BCUT2D eigenvalue weighted by molar-refractivity contribution is 5.23. The van der Waals surface area contributed by atoms with E-state index in [1.165, 1.54) is 43.6 Å². The molecule has 2 aliphatic carbocycles. The molecule has 18 heavy (non-hydrogen) atoms. The predicted octanol–water partition coefficient (Wildman–Crippen LogP) is 3.43. The van der Waals surface area contributed by atoms with E-state index in [0.29, 0.717) is 11.3 Å². The lowest BCUT2D eigenvalue weighted by molar-refractivity contribution is 0.193. The van der Waals surface area contributed by atoms with E-state index in [-0.39, 0.29) is 6.04 Å². The van der Waals surface area contributed by atoms with Gasteiger partial charge in [-0.1, -0.05) is 26.7 Å². The first-order valence-electron chi connectivity index (χ1n) is 7.42. The first-order chi connectivity index (χ1) is 8.58. The second kappa shape index (κ2) is 4.37. The molecule has 1 fully saturated rings. The second-order valence-corrected chi connectivity index (χ2v) is 6.77. The first kappa shape index (κ1) is 12.2. The van der Waals surface area contributed by atoms with E-state index in [9.17, 15) is 0 Å². The smallest absolute Gasteiger partial charge is 0.110 e. The Hall–Kier alpha value is -0.830. The van der Waals surface area contributed by atoms with Crippen molar-refractivity contribution in [1.82, 2.24) is 9.97 Å². The summed E-state index contributed by atoms with van der Waals surface area (Å²) in [6.07, 6.45) is 8.71. The Morgan fingerprint density at radius 3 is 2.78 bits per heavy atom. The molecule has 1 aromatic rings. The van der Waals surface area contributed by atoms with Crippen LogP contribution in [-0.2, 0) is 6.42 Å². The number of H-pyrrole nitrogens is 1. The van der Waals surface area contributed by atoms with Crippen molar-refractivity contribution in [2.75, 3.05) is 0 Å². The number of aryl methyl sites for hydroxylation is 1. The average Bonchev–Trinajstić information content (AvgIpc) is 2.73. The van der Waals surface area contributed by atoms with E-state index in [1.54, 1.807) is 0 Å². The highest BCUT2D eigenvalue weighted by atomic mass is 15.0. The number of nitrogens with two attached hydrogens (primary N) is 1. The van der Waals surface area contributed by atoms with Crippen molar-refractivity contribution in [3.8, 4) is 0 Å². The molecule has 1 aromatic heterocycles. The zero-order chi connectivity index (χ0) is 12.8. The van der Waals surface area contributed by atoms with Gasteiger partial charge in [-0.15, -0.1) is 0 Å². The van der Waals surface area contributed by atoms with Gasteiger partial charge in [0.05, 0.1) is 5.69 Å². The topological polar surface area (TPSA) is 54.7 Å². The van der Waals surface area contributed by atoms with Crippen molar-refractivity contribution in [3.05, 3.63) is 17.2 Å². The minimum atomic E-state index is 0.158. The number of fused-ring (bicyclic) bond motifs is 1. The number of nitrogens with zero attached hydrogens (tertiary/aromatic N) is 1. The first-order valence-corrected chi connectivity index (χ1v) is 7.42. The van der Waals surface area contributed by atoms with Crippen LogP contribution in [0.2, 0.25) is 0 Å². The Morgan fingerprint density at radius 2 is 2.06 bits per heavy atom. The summed E-state index contributed by atoms with van der Waals surface area (Å²) in [6, 6.07) is 0.158. The van der Waals surface area contributed by atoms with Gasteiger partial charge in [0.2, 0.25) is 0 Å². The van der Waals surface area contributed by atoms with Gasteiger partial charge in [-0.3, -0.25) is 0 Å². The van der Waals surface area contributed by atoms with Crippen LogP contribution in [-0.4, -0.2) is 9.97 Å². The van der Waals surface area contributed by atoms with E-state index < -0.39 is 0 Å². The molecule has 0 amide bonds. The summed E-state index contributed by atoms with van der Waals surface area (Å²) >= 11 is 0. The van der Waals surface area contributed by atoms with Crippen LogP contribution >= 0.6 is 0 Å². The SMILES string of the molecule is CC1(C)CCCCC1c1nc2c([nH]1)CCCC2N. The average molecular weight is 247 g/mol. The monoisotopic (exact) mass is 247 g/mol. The molecule has 3 nitrogen and oxygen atoms in total. The number of rotatable bonds is 1. The second-order valence-electron chi connectivity index (χ2n) is 6.77. The van der Waals surface area contributed by atoms with Gasteiger partial charge < -0.3 is 10.7 Å². The number of aromatic amines is 1. The Labute approximate surface area is 110 Å². The van der Waals surface area contributed by atoms with Crippen molar-refractivity contribution in [2.45, 2.75) is 70.8 Å². The Bertz CT molecular complexity index is 433. The van der Waals surface area contributed by atoms with Crippen molar-refractivity contribution in [3.63, 3.8) is 0 Å². The Balaban J connectivity index is 1.92. The van der Waals surface area contributed by atoms with Gasteiger partial charge in [0.15, 0.2) is 0 Å². The van der Waals surface area contributed by atoms with Crippen molar-refractivity contribution >= 4 is 0 Å². The summed E-state index contributed by atoms with van der Waals surface area (Å²) in [5, 5.41) is 0. The highest BCUT2D eigenvalue weighted by Crippen LogP contribution is 2.46. The lowest BCUT2D eigenvalue weighted by Crippen LogP contribution is -2.27. The van der Waals surface area contributed by atoms with Crippen molar-refractivity contribution in [1.29, 1.82) is 0 Å². The van der Waals surface area contributed by atoms with E-state index in [2.05, 4.69) is 18.8 Å². The molecule has 0 bridgehead atoms. The summed E-state index contributed by atoms with van der Waals surface area (Å²) in [5.74, 6) is 1.80. The van der Waals surface area contributed by atoms with Crippen LogP contribution in [0.1, 0.15) is 81.5 Å². The molecule has 0 radical (unpaired) electrons. The molecule has 2 atom stereocenters. The molecule has 3 heteroatoms. The summed E-state index contributed by atoms with van der Waals surface area (Å²) in [5.41, 5.74) is 9.01. The molecule has 0 aliphatic heterocycles. The van der Waals surface area contributed by atoms with Crippen LogP contribution in [0.25, 0.3) is 0 Å². The van der Waals surface area contributed by atoms with Gasteiger partial charge in [-0.25, -0.2) is 4.98 Å². The zero-order valence-electron chi connectivity index (χ0n) is 11.6. The van der Waals surface area contributed by atoms with Crippen LogP contribution in [0.5, 0.6) is 0 Å². The maximum atomic E-state index is 6.17. The summed E-state index contributed by atoms with van der Waals surface area (Å²) in [4.78, 5) is 8.47. The third-order valence-corrected chi connectivity index (χ3v) is 4.96. The molecule has 2 unspecified atom stereocenters. The number of aromatic nitrogens is 2. The van der Waals surface area contributed by atoms with E-state index in [1.807, 2.05) is 0 Å². The quantitative estimate of drug-likeness (QED) is 0.798. The minimum Gasteiger partial charge on any atom is -0.345 e. The van der Waals surface area contributed by atoms with Gasteiger partial charge in [-0.2, -0.15) is 0 Å². The molecular formula is C15H25N3. The van der Waals surface area contributed by atoms with Gasteiger partial charge in [0.1, 0.15) is 5.82 Å². The van der Waals surface area contributed by atoms with Crippen molar-refractivity contribution < 1.29 is 0 Å². The molecule has 2 aliphatic rings. The molecule has 100 valence electrons. The fourth-order valence-electron chi connectivity index (χ4n) is 3.74. The molecule has 0 spiro atoms. The third-order valence-electron chi connectivity index (χ3n) is 4.96. The zero-order valence-corrected chi connectivity index (χ0v) is 11.6. The van der Waals surface area contributed by atoms with E-state index >= 15 is 0 Å². The normalized spacial score (nSPS) is 31.1. The lowest BCUT2D eigenvalue weighted by Gasteiger charge is -2.37. The van der Waals surface area contributed by atoms with Gasteiger partial charge in [-0.05, 0) is 37.5 Å². The maximum Gasteiger partial charge on any atom is 0.110 e. The summed E-state index contributed by atoms with van der Waals surface area (Å²) in [6.45, 7) is 4.77. The Kier molecular flexibility index (Phi) is 2.97. The standard InChI is InChI=1S/C15H25N3/c1-15(2)9-4-3-6-10(15)14-17-12-8-5-7-11(16)13(12)18-14/h10-11H,3-9,16H2,1-2H3,(H,17,18). The fourth-order valence-corrected chi connectivity index (χ4v) is 3.74. The molecule has 3 rings (SSSR count). The Morgan fingerprint density at radius 1 is 1.22 bits per heavy atom. The predicted molar refractivity (Wildman–Crippen MR) is 73.4 cm³/mol. The highest BCUT2D eigenvalue weighted by Gasteiger charge is 2.36. The third kappa shape index (κ3) is 1.99. The van der Waals surface area contributed by atoms with Gasteiger partial charge in [0.25, 0.3) is 0 Å². The molecule has 1 saturated carbocycles. The van der Waals surface area contributed by atoms with Crippen LogP contribution in [0, 0.1) is 5.41 Å². The number of hydrogen-bond acceptors (Lipinski definition) is 2. The maximum absolute atomic E-state index is 6.17. The largest absolute Gasteiger partial charge is 0.345 e. The van der Waals surface area contributed by atoms with Crippen LogP contribution in [0.4, 0.5) is 0 Å². The minimum absolute atomic E-state index is 0.158. The van der Waals surface area contributed by atoms with Gasteiger partial charge >= 0.3 is 0 Å².